The molecule has 0 radical (unpaired) electrons. The zero-order valence-corrected chi connectivity index (χ0v) is 18.8. The maximum atomic E-state index is 12.6. The number of hydrogen-bond donors (Lipinski definition) is 0. The van der Waals surface area contributed by atoms with E-state index in [0.29, 0.717) is 24.3 Å². The fraction of sp³-hybridized carbons (Fsp3) is 0.0645. The van der Waals surface area contributed by atoms with E-state index < -0.39 is 6.16 Å². The van der Waals surface area contributed by atoms with Crippen molar-refractivity contribution < 1.29 is 14.3 Å². The van der Waals surface area contributed by atoms with Crippen LogP contribution in [0, 0.1) is 0 Å². The summed E-state index contributed by atoms with van der Waals surface area (Å²) in [5.41, 5.74) is 4.06. The van der Waals surface area contributed by atoms with Crippen molar-refractivity contribution in [3.8, 4) is 11.5 Å². The molecule has 0 saturated carbocycles. The molecule has 4 rings (SSSR count). The number of para-hydroxylation sites is 2. The van der Waals surface area contributed by atoms with Crippen LogP contribution >= 0.6 is 0 Å². The van der Waals surface area contributed by atoms with Gasteiger partial charge in [-0.2, -0.15) is 0 Å². The maximum Gasteiger partial charge on any atom is 0.519 e. The highest BCUT2D eigenvalue weighted by Crippen LogP contribution is 2.23. The van der Waals surface area contributed by atoms with Gasteiger partial charge in [-0.15, -0.1) is 0 Å². The van der Waals surface area contributed by atoms with E-state index in [1.54, 1.807) is 12.1 Å². The van der Waals surface area contributed by atoms with Crippen LogP contribution in [0.25, 0.3) is 12.2 Å². The average molecular weight is 447 g/mol. The van der Waals surface area contributed by atoms with Gasteiger partial charge in [-0.05, 0) is 47.2 Å². The molecule has 0 bridgehead atoms. The number of rotatable bonds is 8. The van der Waals surface area contributed by atoms with Gasteiger partial charge in [-0.1, -0.05) is 121 Å². The first-order chi connectivity index (χ1) is 16.8. The van der Waals surface area contributed by atoms with Crippen LogP contribution in [-0.2, 0) is 12.8 Å². The standard InChI is InChI=1S/C31H26O3/c32-31(33-29-23-9-7-19-27(29)21-11-17-25-13-3-1-4-14-25)34-30-24-10-8-20-28(30)22-12-18-26-15-5-2-6-16-26/h1-20,23-24H,21-22H2/b17-11+,18-12+. The van der Waals surface area contributed by atoms with Crippen LogP contribution in [0.15, 0.2) is 121 Å². The van der Waals surface area contributed by atoms with Crippen LogP contribution in [0.5, 0.6) is 11.5 Å². The van der Waals surface area contributed by atoms with Gasteiger partial charge in [0, 0.05) is 0 Å². The molecule has 0 aromatic heterocycles. The second-order valence-corrected chi connectivity index (χ2v) is 7.70. The second kappa shape index (κ2) is 12.0. The molecule has 0 heterocycles. The van der Waals surface area contributed by atoms with Crippen LogP contribution in [0.2, 0.25) is 0 Å². The Hall–Kier alpha value is -4.37. The lowest BCUT2D eigenvalue weighted by Gasteiger charge is -2.11. The summed E-state index contributed by atoms with van der Waals surface area (Å²) in [7, 11) is 0. The van der Waals surface area contributed by atoms with Crippen molar-refractivity contribution in [2.24, 2.45) is 0 Å². The Labute approximate surface area is 200 Å². The monoisotopic (exact) mass is 446 g/mol. The summed E-state index contributed by atoms with van der Waals surface area (Å²) < 4.78 is 11.1. The number of hydrogen-bond acceptors (Lipinski definition) is 3. The number of benzene rings is 4. The van der Waals surface area contributed by atoms with Crippen molar-refractivity contribution in [1.29, 1.82) is 0 Å². The molecule has 3 heteroatoms. The van der Waals surface area contributed by atoms with Gasteiger partial charge in [-0.3, -0.25) is 0 Å². The second-order valence-electron chi connectivity index (χ2n) is 7.70. The van der Waals surface area contributed by atoms with E-state index >= 15 is 0 Å². The highest BCUT2D eigenvalue weighted by molar-refractivity contribution is 5.68. The van der Waals surface area contributed by atoms with Crippen molar-refractivity contribution in [2.45, 2.75) is 12.8 Å². The van der Waals surface area contributed by atoms with Crippen LogP contribution in [0.4, 0.5) is 4.79 Å². The molecule has 3 nitrogen and oxygen atoms in total. The van der Waals surface area contributed by atoms with E-state index in [-0.39, 0.29) is 0 Å². The van der Waals surface area contributed by atoms with Crippen molar-refractivity contribution in [3.63, 3.8) is 0 Å². The third-order valence-electron chi connectivity index (χ3n) is 5.23. The van der Waals surface area contributed by atoms with Crippen LogP contribution < -0.4 is 9.47 Å². The van der Waals surface area contributed by atoms with Crippen molar-refractivity contribution in [1.82, 2.24) is 0 Å². The van der Waals surface area contributed by atoms with E-state index in [0.717, 1.165) is 22.3 Å². The largest absolute Gasteiger partial charge is 0.519 e. The first-order valence-electron chi connectivity index (χ1n) is 11.3. The zero-order valence-electron chi connectivity index (χ0n) is 18.8. The average Bonchev–Trinajstić information content (AvgIpc) is 2.87. The van der Waals surface area contributed by atoms with Crippen molar-refractivity contribution >= 4 is 18.3 Å². The number of allylic oxidation sites excluding steroid dienone is 2. The Kier molecular flexibility index (Phi) is 8.07. The van der Waals surface area contributed by atoms with E-state index in [4.69, 9.17) is 9.47 Å². The summed E-state index contributed by atoms with van der Waals surface area (Å²) in [6, 6.07) is 35.2. The summed E-state index contributed by atoms with van der Waals surface area (Å²) in [6.45, 7) is 0. The predicted octanol–water partition coefficient (Wildman–Crippen LogP) is 7.78. The Morgan fingerprint density at radius 1 is 0.529 bits per heavy atom. The molecule has 4 aromatic rings. The Morgan fingerprint density at radius 2 is 0.912 bits per heavy atom. The van der Waals surface area contributed by atoms with Crippen molar-refractivity contribution in [3.05, 3.63) is 144 Å². The summed E-state index contributed by atoms with van der Waals surface area (Å²) in [4.78, 5) is 12.6. The van der Waals surface area contributed by atoms with Gasteiger partial charge < -0.3 is 9.47 Å². The summed E-state index contributed by atoms with van der Waals surface area (Å²) in [5, 5.41) is 0. The Balaban J connectivity index is 1.39. The predicted molar refractivity (Wildman–Crippen MR) is 138 cm³/mol. The third-order valence-corrected chi connectivity index (χ3v) is 5.23. The minimum atomic E-state index is -0.751. The van der Waals surface area contributed by atoms with Crippen LogP contribution in [0.1, 0.15) is 22.3 Å². The van der Waals surface area contributed by atoms with Gasteiger partial charge in [-0.25, -0.2) is 4.79 Å². The van der Waals surface area contributed by atoms with Gasteiger partial charge in [0.2, 0.25) is 0 Å². The molecule has 0 N–H and O–H groups in total. The highest BCUT2D eigenvalue weighted by atomic mass is 16.7. The van der Waals surface area contributed by atoms with Gasteiger partial charge in [0.1, 0.15) is 11.5 Å². The van der Waals surface area contributed by atoms with Gasteiger partial charge >= 0.3 is 6.16 Å². The molecule has 0 spiro atoms. The molecule has 0 saturated heterocycles. The van der Waals surface area contributed by atoms with Crippen LogP contribution in [0.3, 0.4) is 0 Å². The normalized spacial score (nSPS) is 11.1. The smallest absolute Gasteiger partial charge is 0.394 e. The molecule has 4 aromatic carbocycles. The lowest BCUT2D eigenvalue weighted by Crippen LogP contribution is -2.15. The number of carbonyl (C=O) groups is 1. The molecule has 0 unspecified atom stereocenters. The highest BCUT2D eigenvalue weighted by Gasteiger charge is 2.13. The first kappa shape index (κ1) is 22.8. The van der Waals surface area contributed by atoms with Gasteiger partial charge in [0.25, 0.3) is 0 Å². The maximum absolute atomic E-state index is 12.6. The fourth-order valence-corrected chi connectivity index (χ4v) is 3.52. The molecule has 0 aliphatic carbocycles. The Morgan fingerprint density at radius 3 is 1.35 bits per heavy atom. The minimum Gasteiger partial charge on any atom is -0.394 e. The van der Waals surface area contributed by atoms with E-state index in [1.165, 1.54) is 0 Å². The van der Waals surface area contributed by atoms with Crippen molar-refractivity contribution in [2.75, 3.05) is 0 Å². The molecule has 0 amide bonds. The quantitative estimate of drug-likeness (QED) is 0.205. The van der Waals surface area contributed by atoms with E-state index in [1.807, 2.05) is 109 Å². The third kappa shape index (κ3) is 6.81. The zero-order chi connectivity index (χ0) is 23.4. The van der Waals surface area contributed by atoms with Crippen LogP contribution in [-0.4, -0.2) is 6.16 Å². The number of carbonyl (C=O) groups excluding carboxylic acids is 1. The molecule has 0 aliphatic heterocycles. The lowest BCUT2D eigenvalue weighted by molar-refractivity contribution is 0.151. The summed E-state index contributed by atoms with van der Waals surface area (Å²) in [6.07, 6.45) is 8.73. The molecular weight excluding hydrogens is 420 g/mol. The fourth-order valence-electron chi connectivity index (χ4n) is 3.52. The summed E-state index contributed by atoms with van der Waals surface area (Å²) >= 11 is 0. The van der Waals surface area contributed by atoms with E-state index in [2.05, 4.69) is 12.2 Å². The molecule has 0 atom stereocenters. The van der Waals surface area contributed by atoms with Gasteiger partial charge in [0.15, 0.2) is 0 Å². The molecule has 34 heavy (non-hydrogen) atoms. The molecular formula is C31H26O3. The topological polar surface area (TPSA) is 35.5 Å². The first-order valence-corrected chi connectivity index (χ1v) is 11.3. The SMILES string of the molecule is O=C(Oc1ccccc1C/C=C/c1ccccc1)Oc1ccccc1C/C=C/c1ccccc1. The Bertz CT molecular complexity index is 1160. The van der Waals surface area contributed by atoms with Gasteiger partial charge in [0.05, 0.1) is 0 Å². The minimum absolute atomic E-state index is 0.492. The molecule has 0 aliphatic rings. The summed E-state index contributed by atoms with van der Waals surface area (Å²) in [5.74, 6) is 0.985. The molecule has 168 valence electrons. The van der Waals surface area contributed by atoms with E-state index in [9.17, 15) is 4.79 Å². The lowest BCUT2D eigenvalue weighted by atomic mass is 10.1. The number of ether oxygens (including phenoxy) is 2. The molecule has 0 fully saturated rings.